The van der Waals surface area contributed by atoms with Crippen molar-refractivity contribution in [3.05, 3.63) is 69.7 Å². The van der Waals surface area contributed by atoms with Gasteiger partial charge in [-0.05, 0) is 18.2 Å². The van der Waals surface area contributed by atoms with E-state index in [1.54, 1.807) is 35.7 Å². The van der Waals surface area contributed by atoms with Crippen LogP contribution in [0.5, 0.6) is 11.5 Å². The molecule has 28 heavy (non-hydrogen) atoms. The first-order valence-electron chi connectivity index (χ1n) is 8.25. The monoisotopic (exact) mass is 399 g/mol. The maximum absolute atomic E-state index is 12.3. The van der Waals surface area contributed by atoms with Crippen LogP contribution in [0, 0.1) is 10.1 Å². The number of amides is 1. The molecule has 0 atom stereocenters. The minimum Gasteiger partial charge on any atom is -0.495 e. The Labute approximate surface area is 165 Å². The molecule has 0 aliphatic heterocycles. The number of hydrogen-bond donors (Lipinski definition) is 0. The van der Waals surface area contributed by atoms with Crippen LogP contribution in [0.2, 0.25) is 0 Å². The predicted octanol–water partition coefficient (Wildman–Crippen LogP) is 4.32. The van der Waals surface area contributed by atoms with Gasteiger partial charge in [0.1, 0.15) is 12.4 Å². The molecule has 0 bridgehead atoms. The molecule has 0 aliphatic carbocycles. The van der Waals surface area contributed by atoms with Gasteiger partial charge in [-0.3, -0.25) is 19.8 Å². The van der Waals surface area contributed by atoms with Crippen molar-refractivity contribution in [1.82, 2.24) is 4.98 Å². The van der Waals surface area contributed by atoms with Gasteiger partial charge < -0.3 is 9.47 Å². The minimum atomic E-state index is -0.499. The number of methoxy groups -OCH3 is 1. The number of rotatable bonds is 7. The molecule has 0 spiro atoms. The van der Waals surface area contributed by atoms with Crippen LogP contribution in [-0.4, -0.2) is 22.9 Å². The highest BCUT2D eigenvalue weighted by molar-refractivity contribution is 7.14. The molecular formula is C19H17N3O5S. The third-order valence-corrected chi connectivity index (χ3v) is 4.68. The van der Waals surface area contributed by atoms with Gasteiger partial charge in [0.25, 0.3) is 0 Å². The van der Waals surface area contributed by atoms with E-state index in [0.29, 0.717) is 22.3 Å². The first-order chi connectivity index (χ1) is 13.5. The number of ether oxygens (including phenoxy) is 2. The second kappa shape index (κ2) is 8.49. The minimum absolute atomic E-state index is 0.0407. The number of para-hydroxylation sites is 4. The molecular weight excluding hydrogens is 382 g/mol. The SMILES string of the molecule is COc1ccccc1N(C(C)=O)c1nc(COc2ccccc2[N+](=O)[O-])cs1. The molecule has 9 heteroatoms. The summed E-state index contributed by atoms with van der Waals surface area (Å²) >= 11 is 1.27. The number of thiazole rings is 1. The van der Waals surface area contributed by atoms with Crippen LogP contribution in [0.4, 0.5) is 16.5 Å². The summed E-state index contributed by atoms with van der Waals surface area (Å²) in [5, 5.41) is 13.3. The standard InChI is InChI=1S/C19H17N3O5S/c1-13(23)21(15-7-3-5-9-17(15)26-2)19-20-14(12-28-19)11-27-18-10-6-4-8-16(18)22(24)25/h3-10,12H,11H2,1-2H3. The number of nitrogens with zero attached hydrogens (tertiary/aromatic N) is 3. The quantitative estimate of drug-likeness (QED) is 0.434. The largest absolute Gasteiger partial charge is 0.495 e. The van der Waals surface area contributed by atoms with Gasteiger partial charge in [0.15, 0.2) is 10.9 Å². The topological polar surface area (TPSA) is 94.8 Å². The van der Waals surface area contributed by atoms with Gasteiger partial charge in [-0.25, -0.2) is 4.98 Å². The lowest BCUT2D eigenvalue weighted by molar-refractivity contribution is -0.385. The molecule has 3 rings (SSSR count). The van der Waals surface area contributed by atoms with Crippen LogP contribution in [0.15, 0.2) is 53.9 Å². The van der Waals surface area contributed by atoms with Crippen molar-refractivity contribution in [2.24, 2.45) is 0 Å². The molecule has 0 radical (unpaired) electrons. The van der Waals surface area contributed by atoms with E-state index in [4.69, 9.17) is 9.47 Å². The lowest BCUT2D eigenvalue weighted by Crippen LogP contribution is -2.23. The van der Waals surface area contributed by atoms with Crippen LogP contribution >= 0.6 is 11.3 Å². The molecule has 0 saturated carbocycles. The molecule has 1 aromatic heterocycles. The van der Waals surface area contributed by atoms with Crippen molar-refractivity contribution in [2.45, 2.75) is 13.5 Å². The summed E-state index contributed by atoms with van der Waals surface area (Å²) in [6.45, 7) is 1.48. The van der Waals surface area contributed by atoms with Crippen molar-refractivity contribution in [3.63, 3.8) is 0 Å². The Morgan fingerprint density at radius 1 is 1.18 bits per heavy atom. The van der Waals surface area contributed by atoms with Crippen molar-refractivity contribution >= 4 is 33.8 Å². The van der Waals surface area contributed by atoms with Gasteiger partial charge in [-0.2, -0.15) is 0 Å². The first kappa shape index (κ1) is 19.3. The van der Waals surface area contributed by atoms with E-state index in [0.717, 1.165) is 0 Å². The van der Waals surface area contributed by atoms with Crippen molar-refractivity contribution in [2.75, 3.05) is 12.0 Å². The number of carbonyl (C=O) groups is 1. The van der Waals surface area contributed by atoms with Crippen LogP contribution in [0.25, 0.3) is 0 Å². The fraction of sp³-hybridized carbons (Fsp3) is 0.158. The lowest BCUT2D eigenvalue weighted by Gasteiger charge is -2.20. The summed E-state index contributed by atoms with van der Waals surface area (Å²) in [7, 11) is 1.53. The van der Waals surface area contributed by atoms with Crippen LogP contribution in [0.1, 0.15) is 12.6 Å². The van der Waals surface area contributed by atoms with Gasteiger partial charge >= 0.3 is 5.69 Å². The van der Waals surface area contributed by atoms with Crippen molar-refractivity contribution in [3.8, 4) is 11.5 Å². The number of anilines is 2. The third-order valence-electron chi connectivity index (χ3n) is 3.81. The average molecular weight is 399 g/mol. The van der Waals surface area contributed by atoms with Gasteiger partial charge in [0.05, 0.1) is 23.4 Å². The summed E-state index contributed by atoms with van der Waals surface area (Å²) in [5.74, 6) is 0.492. The molecule has 2 aromatic carbocycles. The molecule has 3 aromatic rings. The van der Waals surface area contributed by atoms with Gasteiger partial charge in [0, 0.05) is 18.4 Å². The fourth-order valence-corrected chi connectivity index (χ4v) is 3.43. The highest BCUT2D eigenvalue weighted by Crippen LogP contribution is 2.35. The van der Waals surface area contributed by atoms with Gasteiger partial charge in [-0.1, -0.05) is 24.3 Å². The maximum atomic E-state index is 12.3. The number of aromatic nitrogens is 1. The Morgan fingerprint density at radius 2 is 1.86 bits per heavy atom. The third kappa shape index (κ3) is 4.09. The zero-order valence-electron chi connectivity index (χ0n) is 15.2. The molecule has 0 N–H and O–H groups in total. The summed E-state index contributed by atoms with van der Waals surface area (Å²) in [6.07, 6.45) is 0. The van der Waals surface area contributed by atoms with Gasteiger partial charge in [0.2, 0.25) is 5.91 Å². The zero-order valence-corrected chi connectivity index (χ0v) is 16.0. The van der Waals surface area contributed by atoms with E-state index < -0.39 is 4.92 Å². The van der Waals surface area contributed by atoms with E-state index in [2.05, 4.69) is 4.98 Å². The number of benzene rings is 2. The highest BCUT2D eigenvalue weighted by Gasteiger charge is 2.21. The molecule has 0 fully saturated rings. The van der Waals surface area contributed by atoms with E-state index in [-0.39, 0.29) is 24.0 Å². The fourth-order valence-electron chi connectivity index (χ4n) is 2.57. The molecule has 144 valence electrons. The van der Waals surface area contributed by atoms with Crippen LogP contribution < -0.4 is 14.4 Å². The number of nitro benzene ring substituents is 1. The van der Waals surface area contributed by atoms with Crippen molar-refractivity contribution in [1.29, 1.82) is 0 Å². The summed E-state index contributed by atoms with van der Waals surface area (Å²) in [5.41, 5.74) is 1.02. The predicted molar refractivity (Wildman–Crippen MR) is 105 cm³/mol. The van der Waals surface area contributed by atoms with E-state index in [9.17, 15) is 14.9 Å². The molecule has 1 amide bonds. The Bertz CT molecular complexity index is 1000. The Balaban J connectivity index is 1.82. The maximum Gasteiger partial charge on any atom is 0.310 e. The Kier molecular flexibility index (Phi) is 5.85. The van der Waals surface area contributed by atoms with Crippen LogP contribution in [-0.2, 0) is 11.4 Å². The molecule has 0 saturated heterocycles. The Morgan fingerprint density at radius 3 is 2.54 bits per heavy atom. The van der Waals surface area contributed by atoms with E-state index in [1.165, 1.54) is 42.4 Å². The zero-order chi connectivity index (χ0) is 20.1. The smallest absolute Gasteiger partial charge is 0.310 e. The van der Waals surface area contributed by atoms with E-state index >= 15 is 0 Å². The summed E-state index contributed by atoms with van der Waals surface area (Å²) in [6, 6.07) is 13.3. The van der Waals surface area contributed by atoms with Crippen molar-refractivity contribution < 1.29 is 19.2 Å². The summed E-state index contributed by atoms with van der Waals surface area (Å²) in [4.78, 5) is 28.7. The number of nitro groups is 1. The number of carbonyl (C=O) groups excluding carboxylic acids is 1. The van der Waals surface area contributed by atoms with Crippen LogP contribution in [0.3, 0.4) is 0 Å². The lowest BCUT2D eigenvalue weighted by atomic mass is 10.2. The molecule has 1 heterocycles. The summed E-state index contributed by atoms with van der Waals surface area (Å²) < 4.78 is 10.9. The highest BCUT2D eigenvalue weighted by atomic mass is 32.1. The molecule has 0 unspecified atom stereocenters. The first-order valence-corrected chi connectivity index (χ1v) is 9.13. The Hall–Kier alpha value is -3.46. The normalized spacial score (nSPS) is 10.4. The molecule has 8 nitrogen and oxygen atoms in total. The number of hydrogen-bond acceptors (Lipinski definition) is 7. The van der Waals surface area contributed by atoms with E-state index in [1.807, 2.05) is 6.07 Å². The second-order valence-electron chi connectivity index (χ2n) is 5.66. The van der Waals surface area contributed by atoms with Gasteiger partial charge in [-0.15, -0.1) is 11.3 Å². The average Bonchev–Trinajstić information content (AvgIpc) is 3.15. The molecule has 0 aliphatic rings. The second-order valence-corrected chi connectivity index (χ2v) is 6.50.